The summed E-state index contributed by atoms with van der Waals surface area (Å²) in [6.45, 7) is 3.65. The topological polar surface area (TPSA) is 26.3 Å². The highest BCUT2D eigenvalue weighted by atomic mass is 16.5. The normalized spacial score (nSPS) is 25.9. The molecule has 2 rings (SSSR count). The van der Waals surface area contributed by atoms with Gasteiger partial charge in [-0.05, 0) is 44.6 Å². The number of rotatable bonds is 2. The van der Waals surface area contributed by atoms with E-state index in [1.54, 1.807) is 13.0 Å². The zero-order chi connectivity index (χ0) is 10.1. The molecular formula is C12H16O2. The van der Waals surface area contributed by atoms with Crippen LogP contribution in [0.4, 0.5) is 0 Å². The molecule has 2 heteroatoms. The summed E-state index contributed by atoms with van der Waals surface area (Å²) in [5.41, 5.74) is 2.08. The van der Waals surface area contributed by atoms with E-state index >= 15 is 0 Å². The Labute approximate surface area is 84.6 Å². The smallest absolute Gasteiger partial charge is 0.338 e. The van der Waals surface area contributed by atoms with E-state index in [4.69, 9.17) is 4.74 Å². The van der Waals surface area contributed by atoms with E-state index in [-0.39, 0.29) is 5.97 Å². The van der Waals surface area contributed by atoms with Gasteiger partial charge in [-0.1, -0.05) is 6.08 Å². The lowest BCUT2D eigenvalue weighted by atomic mass is 10.0. The van der Waals surface area contributed by atoms with Crippen molar-refractivity contribution in [1.82, 2.24) is 0 Å². The Bertz CT molecular complexity index is 323. The van der Waals surface area contributed by atoms with Crippen LogP contribution in [0.5, 0.6) is 0 Å². The van der Waals surface area contributed by atoms with Crippen LogP contribution in [0.2, 0.25) is 0 Å². The molecule has 1 unspecified atom stereocenters. The maximum Gasteiger partial charge on any atom is 0.338 e. The minimum Gasteiger partial charge on any atom is -0.428 e. The summed E-state index contributed by atoms with van der Waals surface area (Å²) in [6.07, 6.45) is 6.37. The third-order valence-electron chi connectivity index (χ3n) is 3.23. The molecule has 1 fully saturated rings. The molecular weight excluding hydrogens is 176 g/mol. The predicted molar refractivity (Wildman–Crippen MR) is 54.5 cm³/mol. The molecule has 0 aromatic rings. The van der Waals surface area contributed by atoms with Gasteiger partial charge in [0.15, 0.2) is 0 Å². The molecule has 0 saturated heterocycles. The van der Waals surface area contributed by atoms with Gasteiger partial charge >= 0.3 is 5.97 Å². The molecule has 0 aromatic heterocycles. The van der Waals surface area contributed by atoms with Crippen molar-refractivity contribution in [1.29, 1.82) is 0 Å². The quantitative estimate of drug-likeness (QED) is 0.496. The van der Waals surface area contributed by atoms with Crippen LogP contribution in [0.25, 0.3) is 0 Å². The van der Waals surface area contributed by atoms with E-state index in [0.717, 1.165) is 30.9 Å². The second-order valence-corrected chi connectivity index (χ2v) is 4.20. The van der Waals surface area contributed by atoms with Crippen molar-refractivity contribution in [3.05, 3.63) is 23.0 Å². The van der Waals surface area contributed by atoms with E-state index < -0.39 is 0 Å². The second-order valence-electron chi connectivity index (χ2n) is 4.20. The molecule has 2 nitrogen and oxygen atoms in total. The Kier molecular flexibility index (Phi) is 2.44. The molecule has 0 spiro atoms. The van der Waals surface area contributed by atoms with Crippen molar-refractivity contribution in [2.75, 3.05) is 0 Å². The molecule has 2 aliphatic carbocycles. The average Bonchev–Trinajstić information content (AvgIpc) is 2.77. The van der Waals surface area contributed by atoms with Crippen molar-refractivity contribution in [2.45, 2.75) is 39.5 Å². The summed E-state index contributed by atoms with van der Waals surface area (Å²) in [5, 5.41) is 0. The number of fused-ring (bicyclic) bond motifs is 2. The van der Waals surface area contributed by atoms with E-state index in [1.807, 2.05) is 6.92 Å². The highest BCUT2D eigenvalue weighted by Crippen LogP contribution is 2.44. The van der Waals surface area contributed by atoms with Gasteiger partial charge in [-0.2, -0.15) is 0 Å². The SMILES string of the molecule is CC=C(C)C(=O)OC1=C2CCC(C2)C1. The molecule has 0 N–H and O–H groups in total. The van der Waals surface area contributed by atoms with Gasteiger partial charge in [-0.15, -0.1) is 0 Å². The molecule has 2 aliphatic rings. The summed E-state index contributed by atoms with van der Waals surface area (Å²) < 4.78 is 5.37. The molecule has 0 amide bonds. The van der Waals surface area contributed by atoms with Gasteiger partial charge in [-0.25, -0.2) is 4.79 Å². The summed E-state index contributed by atoms with van der Waals surface area (Å²) in [4.78, 5) is 11.5. The van der Waals surface area contributed by atoms with Gasteiger partial charge in [0.05, 0.1) is 0 Å². The molecule has 0 aliphatic heterocycles. The van der Waals surface area contributed by atoms with Crippen molar-refractivity contribution in [3.63, 3.8) is 0 Å². The first-order valence-electron chi connectivity index (χ1n) is 5.26. The van der Waals surface area contributed by atoms with Gasteiger partial charge < -0.3 is 4.74 Å². The fourth-order valence-electron chi connectivity index (χ4n) is 2.19. The molecule has 1 saturated carbocycles. The highest BCUT2D eigenvalue weighted by Gasteiger charge is 2.32. The van der Waals surface area contributed by atoms with Crippen LogP contribution in [0.3, 0.4) is 0 Å². The van der Waals surface area contributed by atoms with Gasteiger partial charge in [0.2, 0.25) is 0 Å². The van der Waals surface area contributed by atoms with E-state index in [1.165, 1.54) is 12.0 Å². The maximum atomic E-state index is 11.5. The third-order valence-corrected chi connectivity index (χ3v) is 3.23. The van der Waals surface area contributed by atoms with Crippen molar-refractivity contribution >= 4 is 5.97 Å². The Morgan fingerprint density at radius 3 is 2.79 bits per heavy atom. The molecule has 2 bridgehead atoms. The average molecular weight is 192 g/mol. The Morgan fingerprint density at radius 1 is 1.50 bits per heavy atom. The molecule has 0 radical (unpaired) electrons. The van der Waals surface area contributed by atoms with Gasteiger partial charge in [0, 0.05) is 12.0 Å². The lowest BCUT2D eigenvalue weighted by molar-refractivity contribution is -0.135. The molecule has 76 valence electrons. The number of carbonyl (C=O) groups excluding carboxylic acids is 1. The first-order chi connectivity index (χ1) is 6.70. The fourth-order valence-corrected chi connectivity index (χ4v) is 2.19. The third kappa shape index (κ3) is 1.61. The van der Waals surface area contributed by atoms with Gasteiger partial charge in [-0.3, -0.25) is 0 Å². The number of esters is 1. The number of ether oxygens (including phenoxy) is 1. The van der Waals surface area contributed by atoms with Crippen LogP contribution >= 0.6 is 0 Å². The fraction of sp³-hybridized carbons (Fsp3) is 0.583. The van der Waals surface area contributed by atoms with E-state index in [0.29, 0.717) is 5.57 Å². The molecule has 0 heterocycles. The Balaban J connectivity index is 2.02. The summed E-state index contributed by atoms with van der Waals surface area (Å²) in [6, 6.07) is 0. The molecule has 0 aromatic carbocycles. The maximum absolute atomic E-state index is 11.5. The van der Waals surface area contributed by atoms with Crippen molar-refractivity contribution < 1.29 is 9.53 Å². The zero-order valence-corrected chi connectivity index (χ0v) is 8.80. The minimum absolute atomic E-state index is 0.178. The first kappa shape index (κ1) is 9.50. The largest absolute Gasteiger partial charge is 0.428 e. The van der Waals surface area contributed by atoms with Crippen LogP contribution in [-0.2, 0) is 9.53 Å². The number of allylic oxidation sites excluding steroid dienone is 3. The number of hydrogen-bond acceptors (Lipinski definition) is 2. The Hall–Kier alpha value is -1.05. The highest BCUT2D eigenvalue weighted by molar-refractivity contribution is 5.88. The van der Waals surface area contributed by atoms with E-state index in [2.05, 4.69) is 0 Å². The zero-order valence-electron chi connectivity index (χ0n) is 8.80. The monoisotopic (exact) mass is 192 g/mol. The number of carbonyl (C=O) groups is 1. The first-order valence-corrected chi connectivity index (χ1v) is 5.26. The van der Waals surface area contributed by atoms with Gasteiger partial charge in [0.1, 0.15) is 5.76 Å². The van der Waals surface area contributed by atoms with Crippen LogP contribution in [0.1, 0.15) is 39.5 Å². The summed E-state index contributed by atoms with van der Waals surface area (Å²) in [7, 11) is 0. The van der Waals surface area contributed by atoms with Crippen LogP contribution < -0.4 is 0 Å². The molecule has 14 heavy (non-hydrogen) atoms. The second kappa shape index (κ2) is 3.60. The van der Waals surface area contributed by atoms with Crippen LogP contribution in [0, 0.1) is 5.92 Å². The lowest BCUT2D eigenvalue weighted by Crippen LogP contribution is -2.07. The lowest BCUT2D eigenvalue weighted by Gasteiger charge is -2.12. The van der Waals surface area contributed by atoms with Crippen LogP contribution in [-0.4, -0.2) is 5.97 Å². The van der Waals surface area contributed by atoms with Gasteiger partial charge in [0.25, 0.3) is 0 Å². The van der Waals surface area contributed by atoms with Crippen LogP contribution in [0.15, 0.2) is 23.0 Å². The standard InChI is InChI=1S/C12H16O2/c1-3-8(2)12(13)14-11-7-9-4-5-10(11)6-9/h3,9H,4-7H2,1-2H3. The minimum atomic E-state index is -0.178. The van der Waals surface area contributed by atoms with Crippen molar-refractivity contribution in [3.8, 4) is 0 Å². The summed E-state index contributed by atoms with van der Waals surface area (Å²) >= 11 is 0. The van der Waals surface area contributed by atoms with Crippen molar-refractivity contribution in [2.24, 2.45) is 5.92 Å². The predicted octanol–water partition coefficient (Wildman–Crippen LogP) is 2.95. The Morgan fingerprint density at radius 2 is 2.29 bits per heavy atom. The van der Waals surface area contributed by atoms with E-state index in [9.17, 15) is 4.79 Å². The number of hydrogen-bond donors (Lipinski definition) is 0. The summed E-state index contributed by atoms with van der Waals surface area (Å²) in [5.74, 6) is 1.55. The molecule has 1 atom stereocenters.